The van der Waals surface area contributed by atoms with Crippen molar-refractivity contribution < 1.29 is 4.42 Å². The van der Waals surface area contributed by atoms with Crippen LogP contribution in [0, 0.1) is 0 Å². The Balaban J connectivity index is 1.13. The van der Waals surface area contributed by atoms with Crippen LogP contribution in [0.15, 0.2) is 120 Å². The molecule has 1 N–H and O–H groups in total. The van der Waals surface area contributed by atoms with Gasteiger partial charge in [-0.3, -0.25) is 0 Å². The van der Waals surface area contributed by atoms with Gasteiger partial charge in [0.05, 0.1) is 11.1 Å². The van der Waals surface area contributed by atoms with Gasteiger partial charge < -0.3 is 14.6 Å². The molecule has 0 saturated carbocycles. The molecule has 3 aliphatic carbocycles. The zero-order chi connectivity index (χ0) is 49.4. The molecule has 3 heterocycles. The first kappa shape index (κ1) is 45.1. The summed E-state index contributed by atoms with van der Waals surface area (Å²) in [5, 5.41) is 9.09. The zero-order valence-corrected chi connectivity index (χ0v) is 45.0. The highest BCUT2D eigenvalue weighted by Crippen LogP contribution is 2.54. The summed E-state index contributed by atoms with van der Waals surface area (Å²) < 4.78 is 9.72. The maximum Gasteiger partial charge on any atom is 0.198 e. The molecule has 4 aliphatic rings. The molecule has 5 heteroatoms. The van der Waals surface area contributed by atoms with Crippen LogP contribution in [-0.2, 0) is 32.5 Å². The Bertz CT molecular complexity index is 3740. The first-order chi connectivity index (χ1) is 33.6. The van der Waals surface area contributed by atoms with E-state index in [1.807, 2.05) is 11.3 Å². The Labute approximate surface area is 426 Å². The van der Waals surface area contributed by atoms with E-state index in [1.54, 1.807) is 0 Å². The normalized spacial score (nSPS) is 19.7. The van der Waals surface area contributed by atoms with Gasteiger partial charge in [-0.1, -0.05) is 143 Å². The van der Waals surface area contributed by atoms with E-state index in [9.17, 15) is 0 Å². The first-order valence-corrected chi connectivity index (χ1v) is 27.4. The molecule has 0 radical (unpaired) electrons. The van der Waals surface area contributed by atoms with Crippen molar-refractivity contribution >= 4 is 100 Å². The van der Waals surface area contributed by atoms with Crippen molar-refractivity contribution in [3.63, 3.8) is 0 Å². The van der Waals surface area contributed by atoms with Crippen LogP contribution in [0.3, 0.4) is 0 Å². The maximum absolute atomic E-state index is 7.12. The molecule has 0 bridgehead atoms. The number of para-hydroxylation sites is 1. The minimum atomic E-state index is 0.0463. The van der Waals surface area contributed by atoms with E-state index < -0.39 is 0 Å². The molecule has 9 aromatic rings. The van der Waals surface area contributed by atoms with Gasteiger partial charge in [-0.2, -0.15) is 0 Å². The minimum Gasteiger partial charge on any atom is -0.456 e. The highest BCUT2D eigenvalue weighted by atomic mass is 32.1. The number of nitrogens with one attached hydrogen (secondary N) is 1. The molecule has 13 rings (SSSR count). The van der Waals surface area contributed by atoms with Gasteiger partial charge in [0.1, 0.15) is 11.2 Å². The van der Waals surface area contributed by atoms with Crippen molar-refractivity contribution in [2.24, 2.45) is 0 Å². The van der Waals surface area contributed by atoms with Crippen LogP contribution in [0.1, 0.15) is 155 Å². The number of thiophene rings is 1. The zero-order valence-electron chi connectivity index (χ0n) is 44.2. The standard InChI is InChI=1S/C66H69BN2OS/c1-61(2)25-27-63(5,6)47-31-38(21-23-45(47)61)68-52-37-57-43(40-17-14-16-20-56(40)71-57)33-42(52)44-34-55-58(41-18-13-15-19-54(41)70-55)60-59(44)67-51-35-49-50(66(11,12)30-29-65(49,9)10)36-53(51)69(60)39-22-24-46-48(32-39)64(7,8)28-26-62(46,3)4/h13-24,31-37,67-68H,25-30H2,1-12H3. The number of benzene rings is 7. The quantitative estimate of drug-likeness (QED) is 0.178. The van der Waals surface area contributed by atoms with Crippen molar-refractivity contribution in [2.45, 2.75) is 154 Å². The summed E-state index contributed by atoms with van der Waals surface area (Å²) in [6.07, 6.45) is 7.06. The number of furan rings is 1. The molecule has 71 heavy (non-hydrogen) atoms. The van der Waals surface area contributed by atoms with Crippen molar-refractivity contribution in [3.05, 3.63) is 149 Å². The fraction of sp³-hybridized carbons (Fsp3) is 0.364. The van der Waals surface area contributed by atoms with Gasteiger partial charge in [-0.15, -0.1) is 11.3 Å². The average Bonchev–Trinajstić information content (AvgIpc) is 3.89. The lowest BCUT2D eigenvalue weighted by Gasteiger charge is -2.45. The highest BCUT2D eigenvalue weighted by Gasteiger charge is 2.43. The molecule has 0 saturated heterocycles. The topological polar surface area (TPSA) is 28.4 Å². The lowest BCUT2D eigenvalue weighted by atomic mass is 9.55. The van der Waals surface area contributed by atoms with Gasteiger partial charge in [0, 0.05) is 53.9 Å². The van der Waals surface area contributed by atoms with Crippen molar-refractivity contribution in [1.82, 2.24) is 0 Å². The molecule has 0 unspecified atom stereocenters. The third kappa shape index (κ3) is 6.80. The van der Waals surface area contributed by atoms with Gasteiger partial charge in [0.25, 0.3) is 0 Å². The van der Waals surface area contributed by atoms with Crippen LogP contribution in [0.4, 0.5) is 28.4 Å². The van der Waals surface area contributed by atoms with Crippen LogP contribution in [-0.4, -0.2) is 7.28 Å². The molecule has 0 amide bonds. The lowest BCUT2D eigenvalue weighted by Crippen LogP contribution is -2.44. The molecule has 2 aromatic heterocycles. The Hall–Kier alpha value is -5.78. The third-order valence-corrected chi connectivity index (χ3v) is 19.8. The summed E-state index contributed by atoms with van der Waals surface area (Å²) in [7, 11) is 0.809. The minimum absolute atomic E-state index is 0.0463. The van der Waals surface area contributed by atoms with Crippen LogP contribution in [0.5, 0.6) is 0 Å². The van der Waals surface area contributed by atoms with E-state index in [0.717, 1.165) is 41.6 Å². The van der Waals surface area contributed by atoms with E-state index in [2.05, 4.69) is 209 Å². The molecular weight excluding hydrogens is 880 g/mol. The second-order valence-corrected chi connectivity index (χ2v) is 27.3. The average molecular weight is 949 g/mol. The Kier molecular flexibility index (Phi) is 9.47. The van der Waals surface area contributed by atoms with Crippen molar-refractivity contribution in [3.8, 4) is 11.1 Å². The summed E-state index contributed by atoms with van der Waals surface area (Å²) in [6.45, 7) is 29.4. The summed E-state index contributed by atoms with van der Waals surface area (Å²) in [6, 6.07) is 45.0. The number of nitrogens with zero attached hydrogens (tertiary/aromatic N) is 1. The van der Waals surface area contributed by atoms with E-state index in [-0.39, 0.29) is 32.5 Å². The second-order valence-electron chi connectivity index (χ2n) is 26.2. The molecule has 7 aromatic carbocycles. The van der Waals surface area contributed by atoms with Crippen molar-refractivity contribution in [1.29, 1.82) is 0 Å². The lowest BCUT2D eigenvalue weighted by molar-refractivity contribution is 0.332. The highest BCUT2D eigenvalue weighted by molar-refractivity contribution is 7.25. The number of hydrogen-bond donors (Lipinski definition) is 1. The van der Waals surface area contributed by atoms with Gasteiger partial charge >= 0.3 is 0 Å². The van der Waals surface area contributed by atoms with E-state index in [0.29, 0.717) is 0 Å². The predicted molar refractivity (Wildman–Crippen MR) is 309 cm³/mol. The van der Waals surface area contributed by atoms with E-state index in [1.165, 1.54) is 130 Å². The number of fused-ring (bicyclic) bond motifs is 12. The largest absolute Gasteiger partial charge is 0.456 e. The van der Waals surface area contributed by atoms with Gasteiger partial charge in [-0.05, 0) is 176 Å². The number of hydrogen-bond acceptors (Lipinski definition) is 4. The molecule has 0 spiro atoms. The SMILES string of the molecule is CC1(C)CCC(C)(C)c2cc(Nc3cc4sc5ccccc5c4cc3-c3cc4oc5ccccc5c4c4c3Bc3cc5c(cc3N4c3ccc4c(c3)C(C)(C)CCC4(C)C)C(C)(C)CCC5(C)C)ccc21. The smallest absolute Gasteiger partial charge is 0.198 e. The van der Waals surface area contributed by atoms with Crippen LogP contribution < -0.4 is 21.1 Å². The Morgan fingerprint density at radius 2 is 1.04 bits per heavy atom. The first-order valence-electron chi connectivity index (χ1n) is 26.6. The summed E-state index contributed by atoms with van der Waals surface area (Å²) in [5.41, 5.74) is 22.4. The monoisotopic (exact) mass is 949 g/mol. The van der Waals surface area contributed by atoms with E-state index in [4.69, 9.17) is 4.42 Å². The molecule has 1 aliphatic heterocycles. The van der Waals surface area contributed by atoms with Crippen LogP contribution in [0.25, 0.3) is 53.2 Å². The van der Waals surface area contributed by atoms with Crippen molar-refractivity contribution in [2.75, 3.05) is 10.2 Å². The van der Waals surface area contributed by atoms with Gasteiger partial charge in [0.2, 0.25) is 0 Å². The fourth-order valence-electron chi connectivity index (χ4n) is 13.8. The second kappa shape index (κ2) is 14.9. The molecule has 0 fully saturated rings. The number of anilines is 5. The fourth-order valence-corrected chi connectivity index (χ4v) is 14.9. The summed E-state index contributed by atoms with van der Waals surface area (Å²) in [5.74, 6) is 0. The molecule has 0 atom stereocenters. The summed E-state index contributed by atoms with van der Waals surface area (Å²) >= 11 is 1.89. The third-order valence-electron chi connectivity index (χ3n) is 18.7. The van der Waals surface area contributed by atoms with Gasteiger partial charge in [0.15, 0.2) is 7.28 Å². The maximum atomic E-state index is 7.12. The molecular formula is C66H69BN2OS. The Morgan fingerprint density at radius 3 is 1.72 bits per heavy atom. The van der Waals surface area contributed by atoms with Crippen LogP contribution in [0.2, 0.25) is 0 Å². The Morgan fingerprint density at radius 1 is 0.479 bits per heavy atom. The number of rotatable bonds is 4. The molecule has 358 valence electrons. The molecule has 3 nitrogen and oxygen atoms in total. The summed E-state index contributed by atoms with van der Waals surface area (Å²) in [4.78, 5) is 2.69. The van der Waals surface area contributed by atoms with E-state index >= 15 is 0 Å². The van der Waals surface area contributed by atoms with Crippen LogP contribution >= 0.6 is 11.3 Å². The van der Waals surface area contributed by atoms with Gasteiger partial charge in [-0.25, -0.2) is 0 Å². The predicted octanol–water partition coefficient (Wildman–Crippen LogP) is 17.6.